The molecule has 0 spiro atoms. The maximum Gasteiger partial charge on any atom is 0.264 e. The summed E-state index contributed by atoms with van der Waals surface area (Å²) in [6.07, 6.45) is 0.258. The van der Waals surface area contributed by atoms with Crippen molar-refractivity contribution in [3.63, 3.8) is 0 Å². The van der Waals surface area contributed by atoms with Gasteiger partial charge in [-0.05, 0) is 24.5 Å². The lowest BCUT2D eigenvalue weighted by molar-refractivity contribution is -0.139. The van der Waals surface area contributed by atoms with Crippen molar-refractivity contribution >= 4 is 22.4 Å². The molecular formula is C13H18N2O5S. The number of nitrogens with two attached hydrogens (primary N) is 1. The third-order valence-corrected chi connectivity index (χ3v) is 3.81. The van der Waals surface area contributed by atoms with Crippen LogP contribution in [0.25, 0.3) is 0 Å². The van der Waals surface area contributed by atoms with Crippen LogP contribution in [0.4, 0.5) is 0 Å². The quantitative estimate of drug-likeness (QED) is 0.550. The Labute approximate surface area is 123 Å². The Balaban J connectivity index is 2.75. The van der Waals surface area contributed by atoms with Gasteiger partial charge in [0.15, 0.2) is 0 Å². The van der Waals surface area contributed by atoms with Crippen LogP contribution in [0.15, 0.2) is 24.3 Å². The van der Waals surface area contributed by atoms with Gasteiger partial charge >= 0.3 is 0 Å². The molecule has 0 saturated carbocycles. The maximum absolute atomic E-state index is 12.1. The van der Waals surface area contributed by atoms with Crippen LogP contribution in [0.1, 0.15) is 23.6 Å². The number of aryl methyl sites for hydroxylation is 1. The molecule has 0 saturated heterocycles. The van der Waals surface area contributed by atoms with Gasteiger partial charge in [0.1, 0.15) is 6.04 Å². The summed E-state index contributed by atoms with van der Waals surface area (Å²) in [5.74, 6) is -1.14. The summed E-state index contributed by atoms with van der Waals surface area (Å²) >= 11 is 0. The van der Waals surface area contributed by atoms with Gasteiger partial charge in [0.2, 0.25) is 12.3 Å². The second kappa shape index (κ2) is 7.30. The Hall–Kier alpha value is -1.77. The number of hydrogen-bond acceptors (Lipinski definition) is 5. The van der Waals surface area contributed by atoms with Crippen molar-refractivity contribution in [2.75, 3.05) is 12.3 Å². The highest BCUT2D eigenvalue weighted by Gasteiger charge is 2.23. The van der Waals surface area contributed by atoms with Crippen molar-refractivity contribution in [1.29, 1.82) is 0 Å². The summed E-state index contributed by atoms with van der Waals surface area (Å²) in [5.41, 5.74) is 7.28. The van der Waals surface area contributed by atoms with Crippen molar-refractivity contribution < 1.29 is 22.6 Å². The highest BCUT2D eigenvalue weighted by atomic mass is 32.2. The molecule has 1 aromatic carbocycles. The Bertz CT molecular complexity index is 615. The van der Waals surface area contributed by atoms with Crippen LogP contribution < -0.4 is 5.73 Å². The number of carbonyl (C=O) groups is 2. The summed E-state index contributed by atoms with van der Waals surface area (Å²) in [5, 5.41) is 0. The van der Waals surface area contributed by atoms with Crippen molar-refractivity contribution in [3.8, 4) is 0 Å². The monoisotopic (exact) mass is 314 g/mol. The topological polar surface area (TPSA) is 118 Å². The van der Waals surface area contributed by atoms with E-state index in [0.29, 0.717) is 12.0 Å². The fourth-order valence-corrected chi connectivity index (χ4v) is 2.37. The first-order chi connectivity index (χ1) is 9.76. The lowest BCUT2D eigenvalue weighted by Crippen LogP contribution is -2.39. The Morgan fingerprint density at radius 2 is 2.05 bits per heavy atom. The van der Waals surface area contributed by atoms with Crippen molar-refractivity contribution in [2.45, 2.75) is 19.4 Å². The zero-order chi connectivity index (χ0) is 16.0. The van der Waals surface area contributed by atoms with E-state index in [4.69, 9.17) is 10.3 Å². The van der Waals surface area contributed by atoms with Gasteiger partial charge < -0.3 is 5.73 Å². The second-order valence-corrected chi connectivity index (χ2v) is 6.18. The minimum Gasteiger partial charge on any atom is -0.316 e. The number of hydrogen-bond donors (Lipinski definition) is 2. The molecule has 0 aliphatic rings. The summed E-state index contributed by atoms with van der Waals surface area (Å²) in [6, 6.07) is 6.03. The lowest BCUT2D eigenvalue weighted by atomic mass is 10.0. The normalized spacial score (nSPS) is 12.7. The molecule has 7 nitrogen and oxygen atoms in total. The van der Waals surface area contributed by atoms with Crippen LogP contribution in [0.3, 0.4) is 0 Å². The predicted molar refractivity (Wildman–Crippen MR) is 76.9 cm³/mol. The minimum atomic E-state index is -4.12. The molecule has 21 heavy (non-hydrogen) atoms. The first-order valence-electron chi connectivity index (χ1n) is 6.28. The Morgan fingerprint density at radius 1 is 1.43 bits per heavy atom. The molecule has 3 N–H and O–H groups in total. The molecule has 1 unspecified atom stereocenters. The van der Waals surface area contributed by atoms with E-state index in [1.807, 2.05) is 0 Å². The van der Waals surface area contributed by atoms with Gasteiger partial charge in [-0.15, -0.1) is 0 Å². The summed E-state index contributed by atoms with van der Waals surface area (Å²) in [6.45, 7) is 1.67. The van der Waals surface area contributed by atoms with Gasteiger partial charge in [-0.25, -0.2) is 0 Å². The van der Waals surface area contributed by atoms with Gasteiger partial charge in [0.25, 0.3) is 10.1 Å². The fraction of sp³-hybridized carbons (Fsp3) is 0.385. The molecule has 0 aromatic heterocycles. The lowest BCUT2D eigenvalue weighted by Gasteiger charge is -2.21. The van der Waals surface area contributed by atoms with Crippen molar-refractivity contribution in [3.05, 3.63) is 35.4 Å². The molecule has 0 fully saturated rings. The van der Waals surface area contributed by atoms with Gasteiger partial charge in [-0.1, -0.05) is 24.3 Å². The van der Waals surface area contributed by atoms with Crippen LogP contribution in [0, 0.1) is 6.92 Å². The molecule has 0 aliphatic heterocycles. The SMILES string of the molecule is Cc1ccccc1C(N)C(=O)N(C=O)CCCS(=O)(=O)O. The average molecular weight is 314 g/mol. The van der Waals surface area contributed by atoms with E-state index in [2.05, 4.69) is 0 Å². The zero-order valence-electron chi connectivity index (χ0n) is 11.6. The number of amides is 2. The molecule has 1 rings (SSSR count). The molecule has 0 radical (unpaired) electrons. The van der Waals surface area contributed by atoms with Gasteiger partial charge in [0.05, 0.1) is 5.75 Å². The second-order valence-electron chi connectivity index (χ2n) is 4.61. The minimum absolute atomic E-state index is 0.0518. The summed E-state index contributed by atoms with van der Waals surface area (Å²) in [7, 11) is -4.12. The van der Waals surface area contributed by atoms with E-state index in [1.54, 1.807) is 31.2 Å². The van der Waals surface area contributed by atoms with Crippen LogP contribution in [-0.2, 0) is 19.7 Å². The molecule has 0 bridgehead atoms. The van der Waals surface area contributed by atoms with E-state index in [-0.39, 0.29) is 13.0 Å². The van der Waals surface area contributed by atoms with Crippen LogP contribution in [0.2, 0.25) is 0 Å². The first-order valence-corrected chi connectivity index (χ1v) is 7.89. The highest BCUT2D eigenvalue weighted by Crippen LogP contribution is 2.17. The summed E-state index contributed by atoms with van der Waals surface area (Å²) in [4.78, 5) is 23.9. The van der Waals surface area contributed by atoms with Crippen molar-refractivity contribution in [1.82, 2.24) is 4.90 Å². The summed E-state index contributed by atoms with van der Waals surface area (Å²) < 4.78 is 29.8. The van der Waals surface area contributed by atoms with Crippen LogP contribution in [0.5, 0.6) is 0 Å². The van der Waals surface area contributed by atoms with Gasteiger partial charge in [-0.3, -0.25) is 19.0 Å². The maximum atomic E-state index is 12.1. The largest absolute Gasteiger partial charge is 0.316 e. The standard InChI is InChI=1S/C13H18N2O5S/c1-10-5-2-3-6-11(10)12(14)13(17)15(9-16)7-4-8-21(18,19)20/h2-3,5-6,9,12H,4,7-8,14H2,1H3,(H,18,19,20). The Kier molecular flexibility index (Phi) is 6.01. The van der Waals surface area contributed by atoms with E-state index >= 15 is 0 Å². The number of rotatable bonds is 7. The number of carbonyl (C=O) groups excluding carboxylic acids is 2. The van der Waals surface area contributed by atoms with Gasteiger partial charge in [0, 0.05) is 6.54 Å². The predicted octanol–water partition coefficient (Wildman–Crippen LogP) is 0.258. The number of benzene rings is 1. The molecule has 2 amide bonds. The zero-order valence-corrected chi connectivity index (χ0v) is 12.4. The molecular weight excluding hydrogens is 296 g/mol. The molecule has 116 valence electrons. The third-order valence-electron chi connectivity index (χ3n) is 3.00. The van der Waals surface area contributed by atoms with E-state index in [0.717, 1.165) is 10.5 Å². The molecule has 0 aliphatic carbocycles. The molecule has 0 heterocycles. The average Bonchev–Trinajstić information content (AvgIpc) is 2.41. The molecule has 1 aromatic rings. The smallest absolute Gasteiger partial charge is 0.264 e. The van der Waals surface area contributed by atoms with E-state index in [9.17, 15) is 18.0 Å². The van der Waals surface area contributed by atoms with E-state index in [1.165, 1.54) is 0 Å². The van der Waals surface area contributed by atoms with Crippen LogP contribution in [-0.4, -0.2) is 42.5 Å². The third kappa shape index (κ3) is 5.25. The molecule has 8 heteroatoms. The fourth-order valence-electron chi connectivity index (χ4n) is 1.88. The van der Waals surface area contributed by atoms with Crippen molar-refractivity contribution in [2.24, 2.45) is 5.73 Å². The van der Waals surface area contributed by atoms with Crippen LogP contribution >= 0.6 is 0 Å². The first kappa shape index (κ1) is 17.3. The van der Waals surface area contributed by atoms with Gasteiger partial charge in [-0.2, -0.15) is 8.42 Å². The number of nitrogens with zero attached hydrogens (tertiary/aromatic N) is 1. The molecule has 1 atom stereocenters. The number of imide groups is 1. The highest BCUT2D eigenvalue weighted by molar-refractivity contribution is 7.85. The van der Waals surface area contributed by atoms with E-state index < -0.39 is 27.8 Å². The Morgan fingerprint density at radius 3 is 2.57 bits per heavy atom.